The molecule has 0 amide bonds. The van der Waals surface area contributed by atoms with E-state index in [9.17, 15) is 8.22 Å². The van der Waals surface area contributed by atoms with Crippen molar-refractivity contribution < 1.29 is 23.6 Å². The van der Waals surface area contributed by atoms with Crippen molar-refractivity contribution >= 4 is 65.0 Å². The van der Waals surface area contributed by atoms with Crippen molar-refractivity contribution in [2.45, 2.75) is 0 Å². The average Bonchev–Trinajstić information content (AvgIpc) is 3.63. The van der Waals surface area contributed by atoms with Crippen LogP contribution in [0.2, 0.25) is 0 Å². The van der Waals surface area contributed by atoms with Crippen molar-refractivity contribution in [3.63, 3.8) is 0 Å². The minimum Gasteiger partial charge on any atom is -0.456 e. The molecule has 0 fully saturated rings. The van der Waals surface area contributed by atoms with Crippen molar-refractivity contribution in [2.24, 2.45) is 0 Å². The highest BCUT2D eigenvalue weighted by Gasteiger charge is 2.19. The first-order valence-electron chi connectivity index (χ1n) is 22.0. The highest BCUT2D eigenvalue weighted by Crippen LogP contribution is 2.47. The lowest BCUT2D eigenvalue weighted by Crippen LogP contribution is -1.92. The summed E-state index contributed by atoms with van der Waals surface area (Å²) >= 11 is 0. The first-order chi connectivity index (χ1) is 29.1. The number of rotatable bonds is 3. The van der Waals surface area contributed by atoms with Crippen molar-refractivity contribution in [3.05, 3.63) is 170 Å². The van der Waals surface area contributed by atoms with Crippen LogP contribution in [0.15, 0.2) is 174 Å². The fourth-order valence-electron chi connectivity index (χ4n) is 6.76. The van der Waals surface area contributed by atoms with Gasteiger partial charge in [0.25, 0.3) is 0 Å². The van der Waals surface area contributed by atoms with Gasteiger partial charge in [0.1, 0.15) is 11.2 Å². The summed E-state index contributed by atoms with van der Waals surface area (Å²) in [4.78, 5) is 0. The maximum atomic E-state index is 9.47. The highest BCUT2D eigenvalue weighted by molar-refractivity contribution is 6.24. The van der Waals surface area contributed by atoms with E-state index in [4.69, 9.17) is 15.4 Å². The minimum absolute atomic E-state index is 0.0660. The molecule has 47 heavy (non-hydrogen) atoms. The van der Waals surface area contributed by atoms with Gasteiger partial charge in [0.05, 0.1) is 19.2 Å². The van der Waals surface area contributed by atoms with Crippen LogP contribution in [0.3, 0.4) is 0 Å². The van der Waals surface area contributed by atoms with Gasteiger partial charge in [-0.2, -0.15) is 0 Å². The van der Waals surface area contributed by atoms with Gasteiger partial charge in [-0.25, -0.2) is 0 Å². The average molecular weight is 611 g/mol. The molecular formula is C46H28O. The zero-order valence-corrected chi connectivity index (χ0v) is 24.5. The smallest absolute Gasteiger partial charge is 0.136 e. The summed E-state index contributed by atoms with van der Waals surface area (Å²) in [7, 11) is 0. The molecule has 0 unspecified atom stereocenters. The Morgan fingerprint density at radius 2 is 1.02 bits per heavy atom. The maximum absolute atomic E-state index is 9.47. The van der Waals surface area contributed by atoms with Gasteiger partial charge in [0.2, 0.25) is 0 Å². The standard InChI is InChI=1S/C46H28O/c1-2-12-30-27-32(22-21-29(30)11-1)45-38-16-5-7-18-40(38)46(41-19-8-6-17-39(41)45)42-26-25-33(34-13-3-4-14-35(34)42)31-23-24-37-36-15-9-10-20-43(36)47-44(37)28-31/h1-28H/i2D,5D,6D,7D,8D,11D,12D,16D,17D,18D,19D,21D,22D,27D. The van der Waals surface area contributed by atoms with Gasteiger partial charge in [-0.15, -0.1) is 0 Å². The summed E-state index contributed by atoms with van der Waals surface area (Å²) < 4.78 is 133. The first-order valence-corrected chi connectivity index (χ1v) is 15.0. The Kier molecular flexibility index (Phi) is 3.44. The number of para-hydroxylation sites is 1. The van der Waals surface area contributed by atoms with Crippen LogP contribution in [0.4, 0.5) is 0 Å². The molecule has 0 N–H and O–H groups in total. The van der Waals surface area contributed by atoms with Gasteiger partial charge in [-0.1, -0.05) is 145 Å². The van der Waals surface area contributed by atoms with E-state index in [1.54, 1.807) is 12.1 Å². The van der Waals surface area contributed by atoms with Crippen molar-refractivity contribution in [1.29, 1.82) is 0 Å². The molecule has 1 nitrogen and oxygen atoms in total. The third kappa shape index (κ3) is 3.97. The molecule has 0 atom stereocenters. The quantitative estimate of drug-likeness (QED) is 0.181. The van der Waals surface area contributed by atoms with E-state index in [1.807, 2.05) is 66.7 Å². The highest BCUT2D eigenvalue weighted by atomic mass is 16.3. The maximum Gasteiger partial charge on any atom is 0.136 e. The van der Waals surface area contributed by atoms with Crippen molar-refractivity contribution in [3.8, 4) is 33.4 Å². The molecule has 1 aromatic heterocycles. The van der Waals surface area contributed by atoms with Crippen molar-refractivity contribution in [1.82, 2.24) is 0 Å². The van der Waals surface area contributed by atoms with Gasteiger partial charge in [0.15, 0.2) is 0 Å². The molecule has 0 radical (unpaired) electrons. The monoisotopic (exact) mass is 610 g/mol. The fraction of sp³-hybridized carbons (Fsp3) is 0. The number of fused-ring (bicyclic) bond motifs is 7. The molecule has 0 saturated heterocycles. The normalized spacial score (nSPS) is 16.0. The second kappa shape index (κ2) is 10.2. The summed E-state index contributed by atoms with van der Waals surface area (Å²) in [5.41, 5.74) is 2.71. The molecule has 10 aromatic rings. The molecule has 0 spiro atoms. The van der Waals surface area contributed by atoms with E-state index in [0.717, 1.165) is 38.9 Å². The first kappa shape index (κ1) is 15.9. The van der Waals surface area contributed by atoms with Crippen LogP contribution in [0.1, 0.15) is 19.2 Å². The second-order valence-corrected chi connectivity index (χ2v) is 11.3. The second-order valence-electron chi connectivity index (χ2n) is 11.3. The van der Waals surface area contributed by atoms with Crippen LogP contribution in [0, 0.1) is 0 Å². The lowest BCUT2D eigenvalue weighted by atomic mass is 9.83. The SMILES string of the molecule is [2H]c1cc([2H])c2c([2H])c([2H])c(-c3c4c([2H])c([2H])c([2H])c([2H])c4c(-c4ccc(-c5ccc6c(c5)oc5ccccc56)c5ccccc45)c4c([2H])c([2H])c([2H])c([2H])c34)c([2H])c2c1[2H]. The van der Waals surface area contributed by atoms with Gasteiger partial charge >= 0.3 is 0 Å². The topological polar surface area (TPSA) is 13.1 Å². The zero-order chi connectivity index (χ0) is 43.1. The number of hydrogen-bond acceptors (Lipinski definition) is 1. The molecule has 1 heterocycles. The molecular weight excluding hydrogens is 569 g/mol. The van der Waals surface area contributed by atoms with E-state index in [1.165, 1.54) is 0 Å². The van der Waals surface area contributed by atoms with Crippen molar-refractivity contribution in [2.75, 3.05) is 0 Å². The Morgan fingerprint density at radius 1 is 0.383 bits per heavy atom. The summed E-state index contributed by atoms with van der Waals surface area (Å²) in [5, 5.41) is 1.85. The minimum atomic E-state index is -0.681. The molecule has 10 rings (SSSR count). The van der Waals surface area contributed by atoms with E-state index in [-0.39, 0.29) is 49.5 Å². The third-order valence-electron chi connectivity index (χ3n) is 8.81. The van der Waals surface area contributed by atoms with Crippen LogP contribution in [-0.2, 0) is 0 Å². The summed E-state index contributed by atoms with van der Waals surface area (Å²) in [6.07, 6.45) is 0. The summed E-state index contributed by atoms with van der Waals surface area (Å²) in [6.45, 7) is 0. The molecule has 1 heteroatoms. The van der Waals surface area contributed by atoms with E-state index in [0.29, 0.717) is 16.5 Å². The Morgan fingerprint density at radius 3 is 1.79 bits per heavy atom. The molecule has 0 aliphatic carbocycles. The summed E-state index contributed by atoms with van der Waals surface area (Å²) in [5.74, 6) is 0. The molecule has 0 aliphatic rings. The van der Waals surface area contributed by atoms with E-state index < -0.39 is 84.1 Å². The van der Waals surface area contributed by atoms with Gasteiger partial charge in [-0.3, -0.25) is 0 Å². The lowest BCUT2D eigenvalue weighted by molar-refractivity contribution is 0.669. The van der Waals surface area contributed by atoms with E-state index in [2.05, 4.69) is 0 Å². The van der Waals surface area contributed by atoms with Crippen LogP contribution < -0.4 is 0 Å². The third-order valence-corrected chi connectivity index (χ3v) is 8.81. The molecule has 0 aliphatic heterocycles. The number of benzene rings is 9. The Bertz CT molecular complexity index is 3570. The Labute approximate surface area is 291 Å². The number of furan rings is 1. The summed E-state index contributed by atoms with van der Waals surface area (Å²) in [6, 6.07) is 17.6. The van der Waals surface area contributed by atoms with Gasteiger partial charge in [-0.05, 0) is 101 Å². The largest absolute Gasteiger partial charge is 0.456 e. The van der Waals surface area contributed by atoms with E-state index >= 15 is 0 Å². The van der Waals surface area contributed by atoms with Crippen LogP contribution in [0.5, 0.6) is 0 Å². The van der Waals surface area contributed by atoms with Gasteiger partial charge < -0.3 is 4.42 Å². The van der Waals surface area contributed by atoms with Crippen LogP contribution in [-0.4, -0.2) is 0 Å². The van der Waals surface area contributed by atoms with Gasteiger partial charge in [0, 0.05) is 10.8 Å². The lowest BCUT2D eigenvalue weighted by Gasteiger charge is -2.20. The predicted molar refractivity (Wildman–Crippen MR) is 200 cm³/mol. The molecule has 218 valence electrons. The Hall–Kier alpha value is -6.18. The predicted octanol–water partition coefficient (Wildman–Crippen LogP) is 13.2. The Balaban J connectivity index is 1.41. The number of hydrogen-bond donors (Lipinski definition) is 0. The van der Waals surface area contributed by atoms with Crippen LogP contribution in [0.25, 0.3) is 98.4 Å². The zero-order valence-electron chi connectivity index (χ0n) is 38.5. The molecule has 0 saturated carbocycles. The molecule has 9 aromatic carbocycles. The van der Waals surface area contributed by atoms with Crippen LogP contribution >= 0.6 is 0 Å². The molecule has 0 bridgehead atoms. The fourth-order valence-corrected chi connectivity index (χ4v) is 6.76.